The molecule has 3 N–H and O–H groups in total. The predicted octanol–water partition coefficient (Wildman–Crippen LogP) is 3.77. The molecule has 4 nitrogen and oxygen atoms in total. The monoisotopic (exact) mass is 348 g/mol. The summed E-state index contributed by atoms with van der Waals surface area (Å²) in [4.78, 5) is 12.1. The minimum Gasteiger partial charge on any atom is -0.489 e. The maximum absolute atomic E-state index is 12.1. The van der Waals surface area contributed by atoms with Gasteiger partial charge >= 0.3 is 0 Å². The maximum Gasteiger partial charge on any atom is 0.252 e. The smallest absolute Gasteiger partial charge is 0.252 e. The summed E-state index contributed by atoms with van der Waals surface area (Å²) in [5, 5.41) is 3.31. The molecule has 0 radical (unpaired) electrons. The highest BCUT2D eigenvalue weighted by molar-refractivity contribution is 6.32. The molecule has 1 amide bonds. The average Bonchev–Trinajstić information content (AvgIpc) is 2.72. The van der Waals surface area contributed by atoms with Crippen LogP contribution in [0.4, 0.5) is 0 Å². The van der Waals surface area contributed by atoms with Crippen molar-refractivity contribution >= 4 is 23.6 Å². The van der Waals surface area contributed by atoms with Crippen molar-refractivity contribution in [2.75, 3.05) is 6.54 Å². The second-order valence-corrected chi connectivity index (χ2v) is 7.17. The molecule has 5 heteroatoms. The maximum atomic E-state index is 12.1. The first-order valence-electron chi connectivity index (χ1n) is 8.79. The summed E-state index contributed by atoms with van der Waals surface area (Å²) in [5.74, 6) is 1.03. The van der Waals surface area contributed by atoms with Crippen molar-refractivity contribution in [1.29, 1.82) is 0 Å². The molecule has 2 unspecified atom stereocenters. The number of carbonyl (C=O) groups is 1. The Bertz CT molecular complexity index is 644. The van der Waals surface area contributed by atoms with E-state index in [-0.39, 0.29) is 18.1 Å². The van der Waals surface area contributed by atoms with Crippen LogP contribution >= 0.6 is 11.6 Å². The molecule has 0 aromatic heterocycles. The molecule has 2 aliphatic rings. The Kier molecular flexibility index (Phi) is 5.47. The lowest BCUT2D eigenvalue weighted by atomic mass is 9.81. The summed E-state index contributed by atoms with van der Waals surface area (Å²) in [7, 11) is 0. The van der Waals surface area contributed by atoms with E-state index in [1.165, 1.54) is 0 Å². The van der Waals surface area contributed by atoms with Crippen molar-refractivity contribution in [1.82, 2.24) is 5.32 Å². The Morgan fingerprint density at radius 1 is 1.38 bits per heavy atom. The zero-order chi connectivity index (χ0) is 17.1. The number of halogens is 1. The highest BCUT2D eigenvalue weighted by Crippen LogP contribution is 2.35. The van der Waals surface area contributed by atoms with E-state index in [4.69, 9.17) is 22.1 Å². The van der Waals surface area contributed by atoms with Crippen molar-refractivity contribution in [3.8, 4) is 5.75 Å². The molecule has 1 aromatic carbocycles. The molecule has 1 heterocycles. The van der Waals surface area contributed by atoms with Crippen LogP contribution in [-0.2, 0) is 0 Å². The first-order chi connectivity index (χ1) is 11.6. The van der Waals surface area contributed by atoms with Crippen molar-refractivity contribution in [2.45, 2.75) is 51.2 Å². The molecule has 0 spiro atoms. The third-order valence-corrected chi connectivity index (χ3v) is 5.21. The van der Waals surface area contributed by atoms with Crippen LogP contribution in [0.15, 0.2) is 18.2 Å². The number of ether oxygens (including phenoxy) is 1. The molecule has 1 aliphatic heterocycles. The molecule has 24 heavy (non-hydrogen) atoms. The van der Waals surface area contributed by atoms with Gasteiger partial charge in [-0.25, -0.2) is 0 Å². The fraction of sp³-hybridized carbons (Fsp3) is 0.526. The van der Waals surface area contributed by atoms with E-state index in [0.29, 0.717) is 28.8 Å². The SMILES string of the molecule is CCC[C@H]1CC(N)CCC1Oc1cc2c(cc1Cl)C(=O)NCC=C2. The molecule has 0 saturated heterocycles. The standard InChI is InChI=1S/C19H25ClN2O2/c1-2-4-13-9-14(21)6-7-17(13)24-18-10-12-5-3-8-22-19(23)15(12)11-16(18)20/h3,5,10-11,13-14,17H,2,4,6-9,21H2,1H3,(H,22,23)/t13-,14?,17?/m0/s1. The van der Waals surface area contributed by atoms with E-state index in [2.05, 4.69) is 12.2 Å². The largest absolute Gasteiger partial charge is 0.489 e. The molecule has 3 rings (SSSR count). The second kappa shape index (κ2) is 7.58. The molecule has 130 valence electrons. The lowest BCUT2D eigenvalue weighted by molar-refractivity contribution is 0.0793. The molecule has 1 saturated carbocycles. The fourth-order valence-corrected chi connectivity index (χ4v) is 3.90. The zero-order valence-electron chi connectivity index (χ0n) is 14.1. The van der Waals surface area contributed by atoms with Gasteiger partial charge in [0.15, 0.2) is 0 Å². The van der Waals surface area contributed by atoms with Crippen LogP contribution in [-0.4, -0.2) is 24.6 Å². The average molecular weight is 349 g/mol. The summed E-state index contributed by atoms with van der Waals surface area (Å²) in [6.45, 7) is 2.72. The Hall–Kier alpha value is -1.52. The lowest BCUT2D eigenvalue weighted by Crippen LogP contribution is -2.39. The molecule has 1 fully saturated rings. The van der Waals surface area contributed by atoms with Crippen molar-refractivity contribution in [2.24, 2.45) is 11.7 Å². The summed E-state index contributed by atoms with van der Waals surface area (Å²) < 4.78 is 6.29. The van der Waals surface area contributed by atoms with Crippen LogP contribution in [0.3, 0.4) is 0 Å². The highest BCUT2D eigenvalue weighted by atomic mass is 35.5. The van der Waals surface area contributed by atoms with Gasteiger partial charge in [-0.05, 0) is 49.3 Å². The fourth-order valence-electron chi connectivity index (χ4n) is 3.69. The van der Waals surface area contributed by atoms with Gasteiger partial charge in [0.05, 0.1) is 5.02 Å². The first kappa shape index (κ1) is 17.3. The number of hydrogen-bond acceptors (Lipinski definition) is 3. The van der Waals surface area contributed by atoms with Gasteiger partial charge in [0, 0.05) is 18.2 Å². The summed E-state index contributed by atoms with van der Waals surface area (Å²) in [5.41, 5.74) is 7.57. The number of benzene rings is 1. The summed E-state index contributed by atoms with van der Waals surface area (Å²) in [6.07, 6.45) is 9.19. The molecule has 0 bridgehead atoms. The first-order valence-corrected chi connectivity index (χ1v) is 9.16. The molecule has 1 aromatic rings. The Morgan fingerprint density at radius 3 is 3.00 bits per heavy atom. The van der Waals surface area contributed by atoms with Crippen LogP contribution < -0.4 is 15.8 Å². The van der Waals surface area contributed by atoms with E-state index >= 15 is 0 Å². The third kappa shape index (κ3) is 3.76. The topological polar surface area (TPSA) is 64.3 Å². The minimum absolute atomic E-state index is 0.101. The van der Waals surface area contributed by atoms with Crippen LogP contribution in [0.2, 0.25) is 5.02 Å². The quantitative estimate of drug-likeness (QED) is 0.870. The predicted molar refractivity (Wildman–Crippen MR) is 97.5 cm³/mol. The van der Waals surface area contributed by atoms with Gasteiger partial charge in [-0.2, -0.15) is 0 Å². The van der Waals surface area contributed by atoms with E-state index in [9.17, 15) is 4.79 Å². The highest BCUT2D eigenvalue weighted by Gasteiger charge is 2.30. The number of rotatable bonds is 4. The number of carbonyl (C=O) groups excluding carboxylic acids is 1. The Balaban J connectivity index is 1.84. The minimum atomic E-state index is -0.101. The normalized spacial score (nSPS) is 26.5. The van der Waals surface area contributed by atoms with Gasteiger partial charge in [-0.1, -0.05) is 37.1 Å². The summed E-state index contributed by atoms with van der Waals surface area (Å²) in [6, 6.07) is 3.87. The number of nitrogens with two attached hydrogens (primary N) is 1. The van der Waals surface area contributed by atoms with Crippen molar-refractivity contribution in [3.63, 3.8) is 0 Å². The van der Waals surface area contributed by atoms with Crippen LogP contribution in [0.1, 0.15) is 54.9 Å². The van der Waals surface area contributed by atoms with E-state index in [1.54, 1.807) is 6.07 Å². The third-order valence-electron chi connectivity index (χ3n) is 4.92. The van der Waals surface area contributed by atoms with E-state index in [1.807, 2.05) is 18.2 Å². The van der Waals surface area contributed by atoms with Crippen LogP contribution in [0.25, 0.3) is 6.08 Å². The molecule has 1 aliphatic carbocycles. The summed E-state index contributed by atoms with van der Waals surface area (Å²) >= 11 is 6.40. The number of fused-ring (bicyclic) bond motifs is 1. The van der Waals surface area contributed by atoms with E-state index in [0.717, 1.165) is 37.7 Å². The molecular formula is C19H25ClN2O2. The van der Waals surface area contributed by atoms with Gasteiger partial charge in [-0.3, -0.25) is 4.79 Å². The number of nitrogens with one attached hydrogen (secondary N) is 1. The number of amides is 1. The van der Waals surface area contributed by atoms with Gasteiger partial charge < -0.3 is 15.8 Å². The van der Waals surface area contributed by atoms with Gasteiger partial charge in [0.2, 0.25) is 0 Å². The molecular weight excluding hydrogens is 324 g/mol. The van der Waals surface area contributed by atoms with Crippen LogP contribution in [0, 0.1) is 5.92 Å². The Morgan fingerprint density at radius 2 is 2.21 bits per heavy atom. The van der Waals surface area contributed by atoms with Gasteiger partial charge in [0.25, 0.3) is 5.91 Å². The van der Waals surface area contributed by atoms with Crippen molar-refractivity contribution < 1.29 is 9.53 Å². The number of hydrogen-bond donors (Lipinski definition) is 2. The van der Waals surface area contributed by atoms with Crippen LogP contribution in [0.5, 0.6) is 5.75 Å². The second-order valence-electron chi connectivity index (χ2n) is 6.76. The van der Waals surface area contributed by atoms with Gasteiger partial charge in [-0.15, -0.1) is 0 Å². The molecule has 3 atom stereocenters. The Labute approximate surface area is 148 Å². The van der Waals surface area contributed by atoms with Gasteiger partial charge in [0.1, 0.15) is 11.9 Å². The lowest BCUT2D eigenvalue weighted by Gasteiger charge is -2.35. The van der Waals surface area contributed by atoms with E-state index < -0.39 is 0 Å². The van der Waals surface area contributed by atoms with Crippen molar-refractivity contribution in [3.05, 3.63) is 34.4 Å². The zero-order valence-corrected chi connectivity index (χ0v) is 14.8.